The van der Waals surface area contributed by atoms with E-state index >= 15 is 0 Å². The van der Waals surface area contributed by atoms with Gasteiger partial charge in [0.15, 0.2) is 11.5 Å². The van der Waals surface area contributed by atoms with Crippen molar-refractivity contribution in [2.75, 3.05) is 32.1 Å². The van der Waals surface area contributed by atoms with Gasteiger partial charge in [0.1, 0.15) is 25.6 Å². The maximum atomic E-state index is 12.6. The minimum Gasteiger partial charge on any atom is -0.486 e. The van der Waals surface area contributed by atoms with E-state index < -0.39 is 24.7 Å². The molecule has 0 aliphatic carbocycles. The number of amides is 3. The highest BCUT2D eigenvalue weighted by Crippen LogP contribution is 2.32. The molecule has 1 aromatic carbocycles. The Bertz CT molecular complexity index is 932. The number of imide groups is 1. The van der Waals surface area contributed by atoms with Crippen molar-refractivity contribution >= 4 is 17.6 Å². The van der Waals surface area contributed by atoms with Gasteiger partial charge in [0.05, 0.1) is 6.54 Å². The van der Waals surface area contributed by atoms with Gasteiger partial charge in [-0.1, -0.05) is 0 Å². The van der Waals surface area contributed by atoms with E-state index in [1.54, 1.807) is 30.1 Å². The van der Waals surface area contributed by atoms with Crippen LogP contribution in [0.4, 0.5) is 23.7 Å². The minimum atomic E-state index is -4.35. The molecule has 1 aliphatic rings. The van der Waals surface area contributed by atoms with Crippen LogP contribution in [0.2, 0.25) is 0 Å². The summed E-state index contributed by atoms with van der Waals surface area (Å²) in [5.74, 6) is 0.783. The van der Waals surface area contributed by atoms with E-state index in [0.717, 1.165) is 4.57 Å². The molecule has 0 saturated heterocycles. The fourth-order valence-corrected chi connectivity index (χ4v) is 2.91. The van der Waals surface area contributed by atoms with Crippen molar-refractivity contribution in [1.29, 1.82) is 0 Å². The van der Waals surface area contributed by atoms with Gasteiger partial charge in [-0.05, 0) is 19.2 Å². The van der Waals surface area contributed by atoms with E-state index in [0.29, 0.717) is 30.4 Å². The summed E-state index contributed by atoms with van der Waals surface area (Å²) >= 11 is 0. The summed E-state index contributed by atoms with van der Waals surface area (Å²) in [4.78, 5) is 29.6. The van der Waals surface area contributed by atoms with Crippen molar-refractivity contribution in [2.45, 2.75) is 25.7 Å². The van der Waals surface area contributed by atoms with Gasteiger partial charge in [-0.2, -0.15) is 13.2 Å². The lowest BCUT2D eigenvalue weighted by Crippen LogP contribution is -2.36. The fourth-order valence-electron chi connectivity index (χ4n) is 2.91. The molecule has 2 heterocycles. The summed E-state index contributed by atoms with van der Waals surface area (Å²) in [5, 5.41) is 4.74. The summed E-state index contributed by atoms with van der Waals surface area (Å²) in [5.41, 5.74) is 0.433. The number of rotatable bonds is 7. The molecule has 0 atom stereocenters. The first-order chi connectivity index (χ1) is 14.7. The number of alkyl halides is 3. The van der Waals surface area contributed by atoms with E-state index in [9.17, 15) is 22.8 Å². The van der Waals surface area contributed by atoms with Crippen molar-refractivity contribution < 1.29 is 32.2 Å². The molecular formula is C19H22F3N5O4. The molecule has 0 fully saturated rings. The summed E-state index contributed by atoms with van der Waals surface area (Å²) in [6.07, 6.45) is -1.82. The predicted molar refractivity (Wildman–Crippen MR) is 104 cm³/mol. The number of fused-ring (bicyclic) bond motifs is 1. The Morgan fingerprint density at radius 1 is 1.23 bits per heavy atom. The monoisotopic (exact) mass is 441 g/mol. The average molecular weight is 441 g/mol. The largest absolute Gasteiger partial charge is 0.486 e. The molecule has 1 aliphatic heterocycles. The number of hydrogen-bond acceptors (Lipinski definition) is 6. The van der Waals surface area contributed by atoms with Crippen LogP contribution in [0.25, 0.3) is 0 Å². The average Bonchev–Trinajstić information content (AvgIpc) is 3.11. The molecule has 0 unspecified atom stereocenters. The Balaban J connectivity index is 1.42. The number of nitrogens with one attached hydrogen (secondary N) is 2. The van der Waals surface area contributed by atoms with Gasteiger partial charge in [0.25, 0.3) is 0 Å². The standard InChI is InChI=1S/C19H22F3N5O4/c1-26(11-16-23-5-7-27(16)12-19(20,21)22)6-4-17(28)25-18(29)24-13-2-3-14-15(10-13)31-9-8-30-14/h2-3,5,7,10H,4,6,8-9,11-12H2,1H3,(H2,24,25,28,29). The molecule has 0 bridgehead atoms. The summed E-state index contributed by atoms with van der Waals surface area (Å²) in [6.45, 7) is 0.0803. The second kappa shape index (κ2) is 9.69. The Hall–Kier alpha value is -3.28. The van der Waals surface area contributed by atoms with Crippen molar-refractivity contribution in [2.24, 2.45) is 0 Å². The van der Waals surface area contributed by atoms with Crippen LogP contribution in [0.15, 0.2) is 30.6 Å². The number of imidazole rings is 1. The molecule has 2 N–H and O–H groups in total. The van der Waals surface area contributed by atoms with Gasteiger partial charge in [0, 0.05) is 37.1 Å². The quantitative estimate of drug-likeness (QED) is 0.685. The molecule has 12 heteroatoms. The van der Waals surface area contributed by atoms with E-state index in [1.807, 2.05) is 0 Å². The van der Waals surface area contributed by atoms with E-state index in [2.05, 4.69) is 15.6 Å². The third-order valence-corrected chi connectivity index (χ3v) is 4.34. The highest BCUT2D eigenvalue weighted by Gasteiger charge is 2.29. The van der Waals surface area contributed by atoms with Crippen LogP contribution in [0.5, 0.6) is 11.5 Å². The summed E-state index contributed by atoms with van der Waals surface area (Å²) in [7, 11) is 1.65. The van der Waals surface area contributed by atoms with E-state index in [1.165, 1.54) is 12.4 Å². The number of carbonyl (C=O) groups is 2. The SMILES string of the molecule is CN(CCC(=O)NC(=O)Nc1ccc2c(c1)OCCO2)Cc1nccn1CC(F)(F)F. The Labute approximate surface area is 176 Å². The van der Waals surface area contributed by atoms with Crippen LogP contribution >= 0.6 is 0 Å². The first-order valence-electron chi connectivity index (χ1n) is 9.45. The Morgan fingerprint density at radius 3 is 2.71 bits per heavy atom. The predicted octanol–water partition coefficient (Wildman–Crippen LogP) is 2.39. The second-order valence-corrected chi connectivity index (χ2v) is 6.94. The number of halogens is 3. The second-order valence-electron chi connectivity index (χ2n) is 6.94. The minimum absolute atomic E-state index is 0.0228. The molecule has 9 nitrogen and oxygen atoms in total. The number of benzene rings is 1. The molecule has 0 saturated carbocycles. The highest BCUT2D eigenvalue weighted by molar-refractivity contribution is 6.01. The first-order valence-corrected chi connectivity index (χ1v) is 9.45. The number of ether oxygens (including phenoxy) is 2. The fraction of sp³-hybridized carbons (Fsp3) is 0.421. The summed E-state index contributed by atoms with van der Waals surface area (Å²) < 4.78 is 49.6. The highest BCUT2D eigenvalue weighted by atomic mass is 19.4. The Morgan fingerprint density at radius 2 is 1.97 bits per heavy atom. The van der Waals surface area contributed by atoms with Crippen LogP contribution in [-0.2, 0) is 17.9 Å². The third kappa shape index (κ3) is 6.88. The maximum Gasteiger partial charge on any atom is 0.406 e. The van der Waals surface area contributed by atoms with E-state index in [4.69, 9.17) is 9.47 Å². The van der Waals surface area contributed by atoms with Crippen LogP contribution in [0.1, 0.15) is 12.2 Å². The smallest absolute Gasteiger partial charge is 0.406 e. The van der Waals surface area contributed by atoms with Crippen molar-refractivity contribution in [3.05, 3.63) is 36.4 Å². The number of aromatic nitrogens is 2. The van der Waals surface area contributed by atoms with Crippen LogP contribution < -0.4 is 20.1 Å². The zero-order chi connectivity index (χ0) is 22.4. The van der Waals surface area contributed by atoms with Gasteiger partial charge in [0.2, 0.25) is 5.91 Å². The van der Waals surface area contributed by atoms with Crippen LogP contribution in [-0.4, -0.2) is 59.4 Å². The van der Waals surface area contributed by atoms with Gasteiger partial charge in [-0.3, -0.25) is 15.0 Å². The van der Waals surface area contributed by atoms with Gasteiger partial charge in [-0.25, -0.2) is 9.78 Å². The van der Waals surface area contributed by atoms with Crippen LogP contribution in [0.3, 0.4) is 0 Å². The van der Waals surface area contributed by atoms with Crippen molar-refractivity contribution in [3.8, 4) is 11.5 Å². The zero-order valence-corrected chi connectivity index (χ0v) is 16.7. The molecule has 1 aromatic heterocycles. The number of nitrogens with zero attached hydrogens (tertiary/aromatic N) is 3. The molecule has 0 radical (unpaired) electrons. The van der Waals surface area contributed by atoms with Crippen LogP contribution in [0, 0.1) is 0 Å². The molecular weight excluding hydrogens is 419 g/mol. The third-order valence-electron chi connectivity index (χ3n) is 4.34. The summed E-state index contributed by atoms with van der Waals surface area (Å²) in [6, 6.07) is 4.16. The molecule has 31 heavy (non-hydrogen) atoms. The molecule has 168 valence electrons. The lowest BCUT2D eigenvalue weighted by atomic mass is 10.2. The zero-order valence-electron chi connectivity index (χ0n) is 16.7. The van der Waals surface area contributed by atoms with E-state index in [-0.39, 0.29) is 25.3 Å². The van der Waals surface area contributed by atoms with Gasteiger partial charge in [-0.15, -0.1) is 0 Å². The topological polar surface area (TPSA) is 97.7 Å². The van der Waals surface area contributed by atoms with Gasteiger partial charge >= 0.3 is 12.2 Å². The maximum absolute atomic E-state index is 12.6. The van der Waals surface area contributed by atoms with Crippen molar-refractivity contribution in [1.82, 2.24) is 19.8 Å². The van der Waals surface area contributed by atoms with Gasteiger partial charge < -0.3 is 19.4 Å². The lowest BCUT2D eigenvalue weighted by molar-refractivity contribution is -0.141. The Kier molecular flexibility index (Phi) is 7.00. The molecule has 3 amide bonds. The van der Waals surface area contributed by atoms with Crippen molar-refractivity contribution in [3.63, 3.8) is 0 Å². The number of anilines is 1. The number of urea groups is 1. The molecule has 2 aromatic rings. The number of hydrogen-bond donors (Lipinski definition) is 2. The molecule has 0 spiro atoms. The first kappa shape index (κ1) is 22.4. The molecule has 3 rings (SSSR count). The normalized spacial score (nSPS) is 13.2. The lowest BCUT2D eigenvalue weighted by Gasteiger charge is -2.19. The number of carbonyl (C=O) groups excluding carboxylic acids is 2.